The number of nitrogens with one attached hydrogen (secondary N) is 1. The fourth-order valence-electron chi connectivity index (χ4n) is 4.28. The van der Waals surface area contributed by atoms with Crippen molar-refractivity contribution < 1.29 is 17.2 Å². The van der Waals surface area contributed by atoms with Gasteiger partial charge >= 0.3 is 0 Å². The lowest BCUT2D eigenvalue weighted by Crippen LogP contribution is -2.42. The number of para-hydroxylation sites is 1. The molecule has 0 aliphatic carbocycles. The van der Waals surface area contributed by atoms with Crippen LogP contribution >= 0.6 is 0 Å². The van der Waals surface area contributed by atoms with E-state index in [0.29, 0.717) is 42.0 Å². The average molecular weight is 491 g/mol. The number of hydrogen-bond donors (Lipinski definition) is 1. The summed E-state index contributed by atoms with van der Waals surface area (Å²) >= 11 is 0. The van der Waals surface area contributed by atoms with Gasteiger partial charge in [-0.2, -0.15) is 4.39 Å². The Labute approximate surface area is 198 Å². The lowest BCUT2D eigenvalue weighted by molar-refractivity contribution is 0.109. The Balaban J connectivity index is 1.70. The second-order valence-corrected chi connectivity index (χ2v) is 10.4. The maximum atomic E-state index is 15.8. The third-order valence-corrected chi connectivity index (χ3v) is 7.45. The molecular weight excluding hydrogens is 462 g/mol. The quantitative estimate of drug-likeness (QED) is 0.480. The first kappa shape index (κ1) is 24.1. The molecule has 1 fully saturated rings. The lowest BCUT2D eigenvalue weighted by atomic mass is 9.91. The van der Waals surface area contributed by atoms with Crippen LogP contribution in [-0.2, 0) is 22.7 Å². The molecule has 8 nitrogen and oxygen atoms in total. The van der Waals surface area contributed by atoms with Crippen LogP contribution in [0.2, 0.25) is 0 Å². The van der Waals surface area contributed by atoms with Crippen molar-refractivity contribution in [3.05, 3.63) is 54.6 Å². The average Bonchev–Trinajstić information content (AvgIpc) is 3.25. The molecule has 0 amide bonds. The SMILES string of the molecule is CCCCS(=O)(=O)Nc1cccc(-c2ccc(F)nc2)c1N1CCC(F)(c2nncn2C)CC1. The van der Waals surface area contributed by atoms with Gasteiger partial charge in [0.25, 0.3) is 0 Å². The number of rotatable bonds is 8. The lowest BCUT2D eigenvalue weighted by Gasteiger charge is -2.38. The summed E-state index contributed by atoms with van der Waals surface area (Å²) in [6, 6.07) is 8.11. The number of nitrogens with zero attached hydrogens (tertiary/aromatic N) is 5. The Hall–Kier alpha value is -3.08. The summed E-state index contributed by atoms with van der Waals surface area (Å²) in [7, 11) is -1.86. The van der Waals surface area contributed by atoms with Gasteiger partial charge in [-0.3, -0.25) is 4.72 Å². The zero-order chi connectivity index (χ0) is 24.3. The first-order chi connectivity index (χ1) is 16.2. The molecule has 3 aromatic rings. The summed E-state index contributed by atoms with van der Waals surface area (Å²) in [6.45, 7) is 2.59. The van der Waals surface area contributed by atoms with E-state index in [1.54, 1.807) is 29.8 Å². The number of unbranched alkanes of at least 4 members (excludes halogenated alkanes) is 1. The summed E-state index contributed by atoms with van der Waals surface area (Å²) in [5.74, 6) is -0.320. The molecule has 4 rings (SSSR count). The molecule has 2 aromatic heterocycles. The number of aromatic nitrogens is 4. The van der Waals surface area contributed by atoms with Crippen LogP contribution in [0.25, 0.3) is 11.1 Å². The molecule has 0 radical (unpaired) electrons. The van der Waals surface area contributed by atoms with Gasteiger partial charge in [0, 0.05) is 50.3 Å². The number of piperidine rings is 1. The maximum Gasteiger partial charge on any atom is 0.232 e. The van der Waals surface area contributed by atoms with E-state index in [9.17, 15) is 12.8 Å². The predicted octanol–water partition coefficient (Wildman–Crippen LogP) is 4.02. The number of sulfonamides is 1. The zero-order valence-electron chi connectivity index (χ0n) is 19.2. The van der Waals surface area contributed by atoms with Gasteiger partial charge in [0.2, 0.25) is 16.0 Å². The Morgan fingerprint density at radius 1 is 1.18 bits per heavy atom. The molecule has 11 heteroatoms. The molecular formula is C23H28F2N6O2S. The number of anilines is 2. The van der Waals surface area contributed by atoms with Crippen molar-refractivity contribution in [1.29, 1.82) is 0 Å². The fourth-order valence-corrected chi connectivity index (χ4v) is 5.56. The third kappa shape index (κ3) is 5.03. The molecule has 0 spiro atoms. The number of halogens is 2. The van der Waals surface area contributed by atoms with Gasteiger partial charge < -0.3 is 9.47 Å². The van der Waals surface area contributed by atoms with Gasteiger partial charge in [0.1, 0.15) is 6.33 Å². The minimum atomic E-state index is -3.58. The number of benzene rings is 1. The highest BCUT2D eigenvalue weighted by atomic mass is 32.2. The Morgan fingerprint density at radius 3 is 2.56 bits per heavy atom. The standard InChI is InChI=1S/C23H28F2N6O2S/c1-3-4-14-34(32,33)29-19-7-5-6-18(17-8-9-20(24)26-15-17)21(19)31-12-10-23(25,11-13-31)22-28-27-16-30(22)2/h5-9,15-16,29H,3-4,10-14H2,1-2H3. The summed E-state index contributed by atoms with van der Waals surface area (Å²) in [5.41, 5.74) is 0.720. The van der Waals surface area contributed by atoms with Crippen LogP contribution in [0.3, 0.4) is 0 Å². The second kappa shape index (κ2) is 9.65. The van der Waals surface area contributed by atoms with Gasteiger partial charge in [-0.25, -0.2) is 17.8 Å². The molecule has 0 bridgehead atoms. The van der Waals surface area contributed by atoms with E-state index in [2.05, 4.69) is 19.9 Å². The van der Waals surface area contributed by atoms with Gasteiger partial charge in [0.15, 0.2) is 11.5 Å². The van der Waals surface area contributed by atoms with Crippen LogP contribution in [-0.4, -0.2) is 47.0 Å². The largest absolute Gasteiger partial charge is 0.369 e. The minimum absolute atomic E-state index is 0.00498. The van der Waals surface area contributed by atoms with E-state index < -0.39 is 21.6 Å². The minimum Gasteiger partial charge on any atom is -0.369 e. The van der Waals surface area contributed by atoms with Crippen molar-refractivity contribution in [2.45, 2.75) is 38.3 Å². The highest BCUT2D eigenvalue weighted by molar-refractivity contribution is 7.92. The molecule has 34 heavy (non-hydrogen) atoms. The molecule has 1 aromatic carbocycles. The van der Waals surface area contributed by atoms with Gasteiger partial charge in [-0.1, -0.05) is 25.5 Å². The van der Waals surface area contributed by atoms with E-state index in [4.69, 9.17) is 0 Å². The van der Waals surface area contributed by atoms with Crippen molar-refractivity contribution in [3.8, 4) is 11.1 Å². The van der Waals surface area contributed by atoms with Crippen molar-refractivity contribution in [2.75, 3.05) is 28.5 Å². The summed E-state index contributed by atoms with van der Waals surface area (Å²) in [6.07, 6.45) is 4.50. The summed E-state index contributed by atoms with van der Waals surface area (Å²) in [5, 5.41) is 7.77. The Bertz CT molecular complexity index is 1240. The smallest absolute Gasteiger partial charge is 0.232 e. The predicted molar refractivity (Wildman–Crippen MR) is 127 cm³/mol. The van der Waals surface area contributed by atoms with Crippen LogP contribution in [0.15, 0.2) is 42.9 Å². The normalized spacial score (nSPS) is 15.9. The van der Waals surface area contributed by atoms with Crippen LogP contribution < -0.4 is 9.62 Å². The molecule has 3 heterocycles. The van der Waals surface area contributed by atoms with E-state index >= 15 is 4.39 Å². The third-order valence-electron chi connectivity index (χ3n) is 6.09. The van der Waals surface area contributed by atoms with E-state index in [-0.39, 0.29) is 24.4 Å². The van der Waals surface area contributed by atoms with Gasteiger partial charge in [0.05, 0.1) is 17.1 Å². The Kier molecular flexibility index (Phi) is 6.83. The van der Waals surface area contributed by atoms with E-state index in [1.807, 2.05) is 17.9 Å². The number of hydrogen-bond acceptors (Lipinski definition) is 6. The monoisotopic (exact) mass is 490 g/mol. The first-order valence-electron chi connectivity index (χ1n) is 11.3. The van der Waals surface area contributed by atoms with Gasteiger partial charge in [-0.05, 0) is 24.6 Å². The number of pyridine rings is 1. The summed E-state index contributed by atoms with van der Waals surface area (Å²) in [4.78, 5) is 5.71. The van der Waals surface area contributed by atoms with Crippen LogP contribution in [0, 0.1) is 5.95 Å². The van der Waals surface area contributed by atoms with Crippen molar-refractivity contribution in [2.24, 2.45) is 7.05 Å². The molecule has 0 saturated carbocycles. The second-order valence-electron chi connectivity index (χ2n) is 8.56. The van der Waals surface area contributed by atoms with Crippen molar-refractivity contribution in [3.63, 3.8) is 0 Å². The Morgan fingerprint density at radius 2 is 1.94 bits per heavy atom. The van der Waals surface area contributed by atoms with Crippen LogP contribution in [0.1, 0.15) is 38.4 Å². The molecule has 0 atom stereocenters. The highest BCUT2D eigenvalue weighted by Crippen LogP contribution is 2.43. The number of alkyl halides is 1. The summed E-state index contributed by atoms with van der Waals surface area (Å²) < 4.78 is 58.9. The first-order valence-corrected chi connectivity index (χ1v) is 12.9. The molecule has 1 aliphatic rings. The molecule has 1 saturated heterocycles. The van der Waals surface area contributed by atoms with Crippen LogP contribution in [0.5, 0.6) is 0 Å². The van der Waals surface area contributed by atoms with Crippen molar-refractivity contribution in [1.82, 2.24) is 19.7 Å². The van der Waals surface area contributed by atoms with E-state index in [1.165, 1.54) is 18.6 Å². The fraction of sp³-hybridized carbons (Fsp3) is 0.435. The van der Waals surface area contributed by atoms with Crippen molar-refractivity contribution >= 4 is 21.4 Å². The maximum absolute atomic E-state index is 15.8. The highest BCUT2D eigenvalue weighted by Gasteiger charge is 2.41. The molecule has 0 unspecified atom stereocenters. The topological polar surface area (TPSA) is 93.0 Å². The zero-order valence-corrected chi connectivity index (χ0v) is 20.0. The van der Waals surface area contributed by atoms with Crippen LogP contribution in [0.4, 0.5) is 20.2 Å². The molecule has 182 valence electrons. The molecule has 1 aliphatic heterocycles. The number of aryl methyl sites for hydroxylation is 1. The molecule has 1 N–H and O–H groups in total. The van der Waals surface area contributed by atoms with E-state index in [0.717, 1.165) is 6.42 Å². The van der Waals surface area contributed by atoms with Gasteiger partial charge in [-0.15, -0.1) is 10.2 Å².